The molecule has 9 heteroatoms. The average molecular weight is 617 g/mol. The maximum absolute atomic E-state index is 13.2. The number of hydrogen-bond donors (Lipinski definition) is 4. The number of anilines is 2. The molecule has 0 radical (unpaired) electrons. The van der Waals surface area contributed by atoms with Gasteiger partial charge in [0.15, 0.2) is 0 Å². The van der Waals surface area contributed by atoms with Crippen molar-refractivity contribution in [2.45, 2.75) is 39.4 Å². The summed E-state index contributed by atoms with van der Waals surface area (Å²) in [6.45, 7) is 8.09. The lowest BCUT2D eigenvalue weighted by molar-refractivity contribution is -0.137. The zero-order valence-electron chi connectivity index (χ0n) is 25.7. The second-order valence-electron chi connectivity index (χ2n) is 11.7. The largest absolute Gasteiger partial charge is 0.416 e. The smallest absolute Gasteiger partial charge is 0.384 e. The van der Waals surface area contributed by atoms with Crippen molar-refractivity contribution < 1.29 is 22.8 Å². The van der Waals surface area contributed by atoms with Crippen molar-refractivity contribution in [2.75, 3.05) is 30.3 Å². The minimum absolute atomic E-state index is 0.0496. The lowest BCUT2D eigenvalue weighted by Gasteiger charge is -2.29. The van der Waals surface area contributed by atoms with Crippen molar-refractivity contribution in [3.63, 3.8) is 0 Å². The molecule has 2 amide bonds. The van der Waals surface area contributed by atoms with E-state index in [0.29, 0.717) is 42.0 Å². The van der Waals surface area contributed by atoms with Gasteiger partial charge in [0.1, 0.15) is 6.04 Å². The van der Waals surface area contributed by atoms with Crippen molar-refractivity contribution in [3.8, 4) is 11.1 Å². The van der Waals surface area contributed by atoms with Crippen molar-refractivity contribution in [1.82, 2.24) is 10.6 Å². The van der Waals surface area contributed by atoms with Crippen molar-refractivity contribution >= 4 is 23.2 Å². The van der Waals surface area contributed by atoms with Crippen LogP contribution in [-0.4, -0.2) is 31.4 Å². The van der Waals surface area contributed by atoms with Crippen LogP contribution in [0.5, 0.6) is 0 Å². The van der Waals surface area contributed by atoms with Crippen molar-refractivity contribution in [1.29, 1.82) is 0 Å². The molecule has 4 aromatic carbocycles. The predicted octanol–water partition coefficient (Wildman–Crippen LogP) is 7.92. The van der Waals surface area contributed by atoms with E-state index in [-0.39, 0.29) is 17.2 Å². The van der Waals surface area contributed by atoms with Crippen LogP contribution in [0.25, 0.3) is 11.1 Å². The molecule has 4 N–H and O–H groups in total. The van der Waals surface area contributed by atoms with Gasteiger partial charge in [0.05, 0.1) is 5.56 Å². The Hall–Kier alpha value is -4.63. The first kappa shape index (κ1) is 33.3. The summed E-state index contributed by atoms with van der Waals surface area (Å²) in [4.78, 5) is 26.0. The van der Waals surface area contributed by atoms with E-state index >= 15 is 0 Å². The second kappa shape index (κ2) is 14.9. The minimum atomic E-state index is -4.43. The van der Waals surface area contributed by atoms with E-state index in [1.807, 2.05) is 49.4 Å². The third-order valence-electron chi connectivity index (χ3n) is 7.34. The second-order valence-corrected chi connectivity index (χ2v) is 11.7. The maximum atomic E-state index is 13.2. The Morgan fingerprint density at radius 3 is 2.02 bits per heavy atom. The summed E-state index contributed by atoms with van der Waals surface area (Å²) in [5, 5.41) is 12.8. The van der Waals surface area contributed by atoms with Gasteiger partial charge >= 0.3 is 6.18 Å². The van der Waals surface area contributed by atoms with E-state index in [9.17, 15) is 22.8 Å². The quantitative estimate of drug-likeness (QED) is 0.123. The molecule has 0 fully saturated rings. The van der Waals surface area contributed by atoms with Crippen LogP contribution in [0.4, 0.5) is 24.5 Å². The molecule has 236 valence electrons. The number of alkyl halides is 3. The Morgan fingerprint density at radius 2 is 1.38 bits per heavy atom. The zero-order valence-corrected chi connectivity index (χ0v) is 25.7. The van der Waals surface area contributed by atoms with Crippen molar-refractivity contribution in [2.24, 2.45) is 5.41 Å². The van der Waals surface area contributed by atoms with Crippen LogP contribution in [0.15, 0.2) is 103 Å². The molecule has 1 unspecified atom stereocenters. The highest BCUT2D eigenvalue weighted by molar-refractivity contribution is 6.08. The Balaban J connectivity index is 1.35. The van der Waals surface area contributed by atoms with E-state index in [0.717, 1.165) is 29.8 Å². The van der Waals surface area contributed by atoms with Gasteiger partial charge in [-0.1, -0.05) is 81.4 Å². The summed E-state index contributed by atoms with van der Waals surface area (Å²) in [5.74, 6) is -0.416. The predicted molar refractivity (Wildman–Crippen MR) is 174 cm³/mol. The topological polar surface area (TPSA) is 82.3 Å². The fraction of sp³-hybridized carbons (Fsp3) is 0.278. The van der Waals surface area contributed by atoms with Crippen LogP contribution in [0, 0.1) is 5.41 Å². The third kappa shape index (κ3) is 9.43. The summed E-state index contributed by atoms with van der Waals surface area (Å²) in [5.41, 5.74) is 2.82. The number of nitrogens with one attached hydrogen (secondary N) is 4. The maximum Gasteiger partial charge on any atom is 0.416 e. The van der Waals surface area contributed by atoms with E-state index in [1.165, 1.54) is 12.1 Å². The van der Waals surface area contributed by atoms with Crippen molar-refractivity contribution in [3.05, 3.63) is 120 Å². The Morgan fingerprint density at radius 1 is 0.756 bits per heavy atom. The number of rotatable bonds is 13. The van der Waals surface area contributed by atoms with Gasteiger partial charge < -0.3 is 21.3 Å². The number of benzene rings is 4. The molecular weight excluding hydrogens is 577 g/mol. The lowest BCUT2D eigenvalue weighted by Crippen LogP contribution is -2.43. The highest BCUT2D eigenvalue weighted by Crippen LogP contribution is 2.32. The first-order valence-electron chi connectivity index (χ1n) is 14.9. The number of halogens is 3. The van der Waals surface area contributed by atoms with Gasteiger partial charge in [-0.2, -0.15) is 13.2 Å². The molecule has 4 rings (SSSR count). The van der Waals surface area contributed by atoms with E-state index in [4.69, 9.17) is 0 Å². The van der Waals surface area contributed by atoms with Gasteiger partial charge in [-0.15, -0.1) is 0 Å². The molecule has 45 heavy (non-hydrogen) atoms. The molecule has 0 aromatic heterocycles. The molecule has 0 spiro atoms. The normalized spacial score (nSPS) is 12.3. The molecule has 4 aromatic rings. The van der Waals surface area contributed by atoms with E-state index in [1.54, 1.807) is 36.4 Å². The van der Waals surface area contributed by atoms with Crippen LogP contribution >= 0.6 is 0 Å². The summed E-state index contributed by atoms with van der Waals surface area (Å²) in [6.07, 6.45) is -3.57. The Labute approximate surface area is 262 Å². The molecule has 6 nitrogen and oxygen atoms in total. The standard InChI is InChI=1S/C36H39F3N4O2/c1-4-22-40-34(45)32(26-10-6-5-7-11-26)42-24-35(2,3)23-41-28-18-20-29(21-19-28)43-33(44)31-13-9-8-12-30(31)25-14-16-27(17-15-25)36(37,38)39/h5-21,32,41-42H,4,22-24H2,1-3H3,(H,40,45)(H,43,44). The fourth-order valence-corrected chi connectivity index (χ4v) is 4.78. The average Bonchev–Trinajstić information content (AvgIpc) is 3.03. The summed E-state index contributed by atoms with van der Waals surface area (Å²) < 4.78 is 39.0. The van der Waals surface area contributed by atoms with Crippen LogP contribution in [0.2, 0.25) is 0 Å². The molecule has 0 aliphatic rings. The van der Waals surface area contributed by atoms with Gasteiger partial charge in [-0.25, -0.2) is 0 Å². The summed E-state index contributed by atoms with van der Waals surface area (Å²) in [7, 11) is 0. The highest BCUT2D eigenvalue weighted by Gasteiger charge is 2.30. The third-order valence-corrected chi connectivity index (χ3v) is 7.34. The van der Waals surface area contributed by atoms with Gasteiger partial charge in [0.25, 0.3) is 5.91 Å². The lowest BCUT2D eigenvalue weighted by atomic mass is 9.92. The van der Waals surface area contributed by atoms with E-state index in [2.05, 4.69) is 35.1 Å². The SMILES string of the molecule is CCCNC(=O)C(NCC(C)(C)CNc1ccc(NC(=O)c2ccccc2-c2ccc(C(F)(F)F)cc2)cc1)c1ccccc1. The van der Waals surface area contributed by atoms with Crippen LogP contribution in [0.3, 0.4) is 0 Å². The summed E-state index contributed by atoms with van der Waals surface area (Å²) in [6, 6.07) is 28.1. The molecule has 0 heterocycles. The van der Waals surface area contributed by atoms with Crippen LogP contribution < -0.4 is 21.3 Å². The van der Waals surface area contributed by atoms with Gasteiger partial charge in [-0.05, 0) is 71.0 Å². The molecular formula is C36H39F3N4O2. The Kier molecular flexibility index (Phi) is 11.0. The Bertz CT molecular complexity index is 1550. The first-order chi connectivity index (χ1) is 21.5. The van der Waals surface area contributed by atoms with Crippen LogP contribution in [0.1, 0.15) is 54.7 Å². The molecule has 0 aliphatic heterocycles. The fourth-order valence-electron chi connectivity index (χ4n) is 4.78. The number of hydrogen-bond acceptors (Lipinski definition) is 4. The van der Waals surface area contributed by atoms with Gasteiger partial charge in [-0.3, -0.25) is 9.59 Å². The molecule has 0 bridgehead atoms. The molecule has 0 aliphatic carbocycles. The highest BCUT2D eigenvalue weighted by atomic mass is 19.4. The molecule has 0 saturated carbocycles. The van der Waals surface area contributed by atoms with E-state index < -0.39 is 17.8 Å². The monoisotopic (exact) mass is 616 g/mol. The molecule has 0 saturated heterocycles. The number of carbonyl (C=O) groups excluding carboxylic acids is 2. The number of carbonyl (C=O) groups is 2. The number of amides is 2. The minimum Gasteiger partial charge on any atom is -0.384 e. The van der Waals surface area contributed by atoms with Crippen LogP contribution in [-0.2, 0) is 11.0 Å². The first-order valence-corrected chi connectivity index (χ1v) is 14.9. The molecule has 1 atom stereocenters. The van der Waals surface area contributed by atoms with Gasteiger partial charge in [0, 0.05) is 36.6 Å². The zero-order chi connectivity index (χ0) is 32.5. The summed E-state index contributed by atoms with van der Waals surface area (Å²) >= 11 is 0. The van der Waals surface area contributed by atoms with Gasteiger partial charge in [0.2, 0.25) is 5.91 Å².